The van der Waals surface area contributed by atoms with E-state index in [1.807, 2.05) is 30.3 Å². The number of hydrogen-bond acceptors (Lipinski definition) is 5. The van der Waals surface area contributed by atoms with Gasteiger partial charge in [0.05, 0.1) is 6.54 Å². The standard InChI is InChI=1S/C8H11NO2.H4N2/c10-8(11)6-9-7-4-2-1-3-5-7;1-2/h1-5,8-11H,6H2;1-2H2. The van der Waals surface area contributed by atoms with E-state index >= 15 is 0 Å². The fourth-order valence-electron chi connectivity index (χ4n) is 0.765. The van der Waals surface area contributed by atoms with Crippen LogP contribution in [0.2, 0.25) is 0 Å². The van der Waals surface area contributed by atoms with E-state index in [9.17, 15) is 0 Å². The minimum absolute atomic E-state index is 0.157. The Kier molecular flexibility index (Phi) is 6.85. The summed E-state index contributed by atoms with van der Waals surface area (Å²) in [5.41, 5.74) is 0.889. The van der Waals surface area contributed by atoms with Gasteiger partial charge >= 0.3 is 0 Å². The van der Waals surface area contributed by atoms with Crippen LogP contribution in [0.3, 0.4) is 0 Å². The third-order valence-electron chi connectivity index (χ3n) is 1.26. The highest BCUT2D eigenvalue weighted by Crippen LogP contribution is 2.03. The van der Waals surface area contributed by atoms with E-state index in [0.717, 1.165) is 5.69 Å². The molecule has 1 aromatic carbocycles. The van der Waals surface area contributed by atoms with Gasteiger partial charge in [-0.25, -0.2) is 0 Å². The van der Waals surface area contributed by atoms with Gasteiger partial charge in [0, 0.05) is 5.69 Å². The molecule has 0 unspecified atom stereocenters. The molecule has 0 amide bonds. The lowest BCUT2D eigenvalue weighted by Gasteiger charge is -2.06. The SMILES string of the molecule is NN.OC(O)CNc1ccccc1. The Hall–Kier alpha value is -1.14. The number of aliphatic hydroxyl groups is 2. The van der Waals surface area contributed by atoms with Gasteiger partial charge < -0.3 is 15.5 Å². The van der Waals surface area contributed by atoms with E-state index in [1.165, 1.54) is 0 Å². The molecular weight excluding hydrogens is 170 g/mol. The molecule has 0 saturated carbocycles. The van der Waals surface area contributed by atoms with E-state index in [4.69, 9.17) is 10.2 Å². The molecule has 5 nitrogen and oxygen atoms in total. The summed E-state index contributed by atoms with van der Waals surface area (Å²) in [7, 11) is 0. The topological polar surface area (TPSA) is 105 Å². The van der Waals surface area contributed by atoms with Gasteiger partial charge in [0.2, 0.25) is 0 Å². The van der Waals surface area contributed by atoms with Crippen LogP contribution in [-0.4, -0.2) is 23.0 Å². The summed E-state index contributed by atoms with van der Waals surface area (Å²) in [6.07, 6.45) is -1.30. The molecule has 13 heavy (non-hydrogen) atoms. The second-order valence-electron chi connectivity index (χ2n) is 2.23. The highest BCUT2D eigenvalue weighted by molar-refractivity contribution is 5.42. The van der Waals surface area contributed by atoms with Crippen molar-refractivity contribution in [3.63, 3.8) is 0 Å². The second-order valence-corrected chi connectivity index (χ2v) is 2.23. The predicted octanol–water partition coefficient (Wildman–Crippen LogP) is -0.772. The second kappa shape index (κ2) is 7.51. The average molecular weight is 185 g/mol. The molecule has 1 rings (SSSR count). The molecule has 0 aliphatic carbocycles. The minimum atomic E-state index is -1.30. The molecule has 5 heteroatoms. The fourth-order valence-corrected chi connectivity index (χ4v) is 0.765. The number of nitrogens with one attached hydrogen (secondary N) is 1. The van der Waals surface area contributed by atoms with Gasteiger partial charge in [-0.05, 0) is 12.1 Å². The molecule has 0 atom stereocenters. The van der Waals surface area contributed by atoms with Gasteiger partial charge in [-0.1, -0.05) is 18.2 Å². The van der Waals surface area contributed by atoms with E-state index < -0.39 is 6.29 Å². The molecule has 0 spiro atoms. The molecule has 0 heterocycles. The fraction of sp³-hybridized carbons (Fsp3) is 0.250. The van der Waals surface area contributed by atoms with Gasteiger partial charge in [0.15, 0.2) is 6.29 Å². The molecule has 1 aromatic rings. The number of para-hydroxylation sites is 1. The Bertz CT molecular complexity index is 204. The van der Waals surface area contributed by atoms with Crippen LogP contribution >= 0.6 is 0 Å². The minimum Gasteiger partial charge on any atom is -0.380 e. The summed E-state index contributed by atoms with van der Waals surface area (Å²) in [5.74, 6) is 8.00. The van der Waals surface area contributed by atoms with Crippen molar-refractivity contribution >= 4 is 5.69 Å². The average Bonchev–Trinajstić information content (AvgIpc) is 2.19. The van der Waals surface area contributed by atoms with Crippen LogP contribution in [0.25, 0.3) is 0 Å². The van der Waals surface area contributed by atoms with Gasteiger partial charge in [-0.3, -0.25) is 11.7 Å². The first-order valence-electron chi connectivity index (χ1n) is 3.77. The first-order valence-corrected chi connectivity index (χ1v) is 3.77. The van der Waals surface area contributed by atoms with Crippen LogP contribution in [0.1, 0.15) is 0 Å². The lowest BCUT2D eigenvalue weighted by Crippen LogP contribution is -2.17. The van der Waals surface area contributed by atoms with Crippen molar-refractivity contribution in [3.8, 4) is 0 Å². The van der Waals surface area contributed by atoms with Crippen LogP contribution in [0.5, 0.6) is 0 Å². The Labute approximate surface area is 77.0 Å². The molecule has 0 radical (unpaired) electrons. The van der Waals surface area contributed by atoms with E-state index in [2.05, 4.69) is 17.0 Å². The van der Waals surface area contributed by atoms with E-state index in [1.54, 1.807) is 0 Å². The zero-order valence-electron chi connectivity index (χ0n) is 7.22. The molecule has 0 aliphatic rings. The molecule has 0 aliphatic heterocycles. The van der Waals surface area contributed by atoms with E-state index in [-0.39, 0.29) is 6.54 Å². The van der Waals surface area contributed by atoms with Crippen LogP contribution in [0.15, 0.2) is 30.3 Å². The number of benzene rings is 1. The van der Waals surface area contributed by atoms with Crippen molar-refractivity contribution in [2.45, 2.75) is 6.29 Å². The molecule has 74 valence electrons. The van der Waals surface area contributed by atoms with Gasteiger partial charge in [-0.15, -0.1) is 0 Å². The number of aliphatic hydroxyl groups excluding tert-OH is 1. The molecule has 7 N–H and O–H groups in total. The maximum atomic E-state index is 8.51. The summed E-state index contributed by atoms with van der Waals surface area (Å²) in [6, 6.07) is 9.39. The van der Waals surface area contributed by atoms with Crippen LogP contribution in [-0.2, 0) is 0 Å². The van der Waals surface area contributed by atoms with Crippen LogP contribution in [0.4, 0.5) is 5.69 Å². The van der Waals surface area contributed by atoms with Crippen molar-refractivity contribution in [3.05, 3.63) is 30.3 Å². The summed E-state index contributed by atoms with van der Waals surface area (Å²) < 4.78 is 0. The smallest absolute Gasteiger partial charge is 0.169 e. The van der Waals surface area contributed by atoms with Crippen molar-refractivity contribution in [2.75, 3.05) is 11.9 Å². The summed E-state index contributed by atoms with van der Waals surface area (Å²) in [6.45, 7) is 0.157. The Morgan fingerprint density at radius 3 is 2.15 bits per heavy atom. The monoisotopic (exact) mass is 185 g/mol. The maximum Gasteiger partial charge on any atom is 0.169 e. The maximum absolute atomic E-state index is 8.51. The highest BCUT2D eigenvalue weighted by atomic mass is 16.5. The highest BCUT2D eigenvalue weighted by Gasteiger charge is 1.94. The van der Waals surface area contributed by atoms with Crippen molar-refractivity contribution < 1.29 is 10.2 Å². The van der Waals surface area contributed by atoms with E-state index in [0.29, 0.717) is 0 Å². The van der Waals surface area contributed by atoms with Gasteiger partial charge in [0.25, 0.3) is 0 Å². The number of anilines is 1. The summed E-state index contributed by atoms with van der Waals surface area (Å²) in [4.78, 5) is 0. The van der Waals surface area contributed by atoms with Gasteiger partial charge in [-0.2, -0.15) is 0 Å². The molecule has 0 aromatic heterocycles. The van der Waals surface area contributed by atoms with Crippen LogP contribution in [0, 0.1) is 0 Å². The number of hydrogen-bond donors (Lipinski definition) is 5. The summed E-state index contributed by atoms with van der Waals surface area (Å²) in [5, 5.41) is 19.9. The Morgan fingerprint density at radius 2 is 1.69 bits per heavy atom. The zero-order chi connectivity index (χ0) is 10.1. The lowest BCUT2D eigenvalue weighted by atomic mass is 10.3. The molecule has 0 saturated heterocycles. The van der Waals surface area contributed by atoms with Crippen molar-refractivity contribution in [1.29, 1.82) is 0 Å². The van der Waals surface area contributed by atoms with Crippen molar-refractivity contribution in [2.24, 2.45) is 11.7 Å². The van der Waals surface area contributed by atoms with Crippen molar-refractivity contribution in [1.82, 2.24) is 0 Å². The number of nitrogens with two attached hydrogens (primary N) is 2. The predicted molar refractivity (Wildman–Crippen MR) is 51.5 cm³/mol. The van der Waals surface area contributed by atoms with Crippen LogP contribution < -0.4 is 17.0 Å². The molecule has 0 fully saturated rings. The largest absolute Gasteiger partial charge is 0.380 e. The quantitative estimate of drug-likeness (QED) is 0.241. The Balaban J connectivity index is 0.000000671. The first-order chi connectivity index (χ1) is 6.29. The lowest BCUT2D eigenvalue weighted by molar-refractivity contribution is -0.0275. The third kappa shape index (κ3) is 6.06. The van der Waals surface area contributed by atoms with Gasteiger partial charge in [0.1, 0.15) is 0 Å². The zero-order valence-corrected chi connectivity index (χ0v) is 7.22. The molecular formula is C8H15N3O2. The third-order valence-corrected chi connectivity index (χ3v) is 1.26. The molecule has 0 bridgehead atoms. The summed E-state index contributed by atoms with van der Waals surface area (Å²) >= 11 is 0. The number of hydrazine groups is 1. The first kappa shape index (κ1) is 11.9. The number of rotatable bonds is 3. The Morgan fingerprint density at radius 1 is 1.15 bits per heavy atom. The normalized spacial score (nSPS) is 9.00.